The fourth-order valence-corrected chi connectivity index (χ4v) is 3.83. The molecule has 21 heavy (non-hydrogen) atoms. The van der Waals surface area contributed by atoms with Gasteiger partial charge in [0.25, 0.3) is 0 Å². The van der Waals surface area contributed by atoms with Gasteiger partial charge in [0.2, 0.25) is 0 Å². The van der Waals surface area contributed by atoms with Crippen LogP contribution in [0, 0.1) is 0 Å². The SMILES string of the molecule is CCCCCS(=O)CC(NC)c1ccc2c(c1)OCCO2. The van der Waals surface area contributed by atoms with Crippen molar-refractivity contribution in [1.29, 1.82) is 0 Å². The van der Waals surface area contributed by atoms with Gasteiger partial charge in [0.15, 0.2) is 11.5 Å². The van der Waals surface area contributed by atoms with E-state index in [2.05, 4.69) is 12.2 Å². The van der Waals surface area contributed by atoms with Gasteiger partial charge in [0.05, 0.1) is 0 Å². The van der Waals surface area contributed by atoms with Crippen molar-refractivity contribution in [2.45, 2.75) is 32.2 Å². The monoisotopic (exact) mass is 311 g/mol. The molecular formula is C16H25NO3S. The largest absolute Gasteiger partial charge is 0.486 e. The van der Waals surface area contributed by atoms with E-state index < -0.39 is 10.8 Å². The van der Waals surface area contributed by atoms with Crippen LogP contribution in [-0.2, 0) is 10.8 Å². The average molecular weight is 311 g/mol. The van der Waals surface area contributed by atoms with Crippen LogP contribution < -0.4 is 14.8 Å². The van der Waals surface area contributed by atoms with Crippen LogP contribution in [0.3, 0.4) is 0 Å². The van der Waals surface area contributed by atoms with Crippen molar-refractivity contribution in [2.75, 3.05) is 31.8 Å². The molecule has 1 aliphatic rings. The number of rotatable bonds is 8. The minimum Gasteiger partial charge on any atom is -0.486 e. The first-order chi connectivity index (χ1) is 10.2. The van der Waals surface area contributed by atoms with E-state index in [1.54, 1.807) is 0 Å². The second-order valence-corrected chi connectivity index (χ2v) is 6.88. The molecule has 2 unspecified atom stereocenters. The van der Waals surface area contributed by atoms with Gasteiger partial charge in [0.1, 0.15) is 13.2 Å². The van der Waals surface area contributed by atoms with Crippen LogP contribution >= 0.6 is 0 Å². The molecule has 0 radical (unpaired) electrons. The molecule has 5 heteroatoms. The van der Waals surface area contributed by atoms with Crippen molar-refractivity contribution in [3.05, 3.63) is 23.8 Å². The predicted octanol–water partition coefficient (Wildman–Crippen LogP) is 2.66. The number of ether oxygens (including phenoxy) is 2. The Labute approximate surface area is 129 Å². The molecule has 0 aliphatic carbocycles. The molecule has 2 atom stereocenters. The third-order valence-electron chi connectivity index (χ3n) is 3.65. The summed E-state index contributed by atoms with van der Waals surface area (Å²) in [5.74, 6) is 3.01. The zero-order chi connectivity index (χ0) is 15.1. The lowest BCUT2D eigenvalue weighted by atomic mass is 10.1. The lowest BCUT2D eigenvalue weighted by molar-refractivity contribution is 0.171. The van der Waals surface area contributed by atoms with E-state index in [9.17, 15) is 4.21 Å². The maximum Gasteiger partial charge on any atom is 0.161 e. The highest BCUT2D eigenvalue weighted by atomic mass is 32.2. The summed E-state index contributed by atoms with van der Waals surface area (Å²) in [6.45, 7) is 3.35. The highest BCUT2D eigenvalue weighted by Gasteiger charge is 2.17. The number of hydrogen-bond acceptors (Lipinski definition) is 4. The Hall–Kier alpha value is -1.07. The second kappa shape index (κ2) is 8.39. The lowest BCUT2D eigenvalue weighted by Crippen LogP contribution is -2.24. The van der Waals surface area contributed by atoms with Crippen molar-refractivity contribution >= 4 is 10.8 Å². The molecule has 0 aromatic heterocycles. The van der Waals surface area contributed by atoms with E-state index in [4.69, 9.17) is 9.47 Å². The molecule has 0 spiro atoms. The Morgan fingerprint density at radius 2 is 2.00 bits per heavy atom. The Bertz CT molecular complexity index is 479. The van der Waals surface area contributed by atoms with Crippen LogP contribution in [-0.4, -0.2) is 36.0 Å². The minimum atomic E-state index is -0.788. The van der Waals surface area contributed by atoms with E-state index >= 15 is 0 Å². The first kappa shape index (κ1) is 16.3. The quantitative estimate of drug-likeness (QED) is 0.750. The molecule has 1 aromatic carbocycles. The topological polar surface area (TPSA) is 47.6 Å². The molecule has 4 nitrogen and oxygen atoms in total. The third-order valence-corrected chi connectivity index (χ3v) is 5.09. The molecule has 0 fully saturated rings. The summed E-state index contributed by atoms with van der Waals surface area (Å²) in [5.41, 5.74) is 1.10. The standard InChI is InChI=1S/C16H25NO3S/c1-3-4-5-10-21(18)12-14(17-2)13-6-7-15-16(11-13)20-9-8-19-15/h6-7,11,14,17H,3-5,8-10,12H2,1-2H3. The highest BCUT2D eigenvalue weighted by molar-refractivity contribution is 7.85. The molecule has 0 bridgehead atoms. The van der Waals surface area contributed by atoms with Gasteiger partial charge in [-0.25, -0.2) is 0 Å². The summed E-state index contributed by atoms with van der Waals surface area (Å²) in [5, 5.41) is 3.26. The molecule has 1 heterocycles. The van der Waals surface area contributed by atoms with Crippen molar-refractivity contribution in [3.8, 4) is 11.5 Å². The number of nitrogens with one attached hydrogen (secondary N) is 1. The number of hydrogen-bond donors (Lipinski definition) is 1. The van der Waals surface area contributed by atoms with Crippen LogP contribution in [0.2, 0.25) is 0 Å². The van der Waals surface area contributed by atoms with E-state index in [1.165, 1.54) is 0 Å². The normalized spacial score (nSPS) is 16.5. The Kier molecular flexibility index (Phi) is 6.51. The molecule has 118 valence electrons. The second-order valence-electron chi connectivity index (χ2n) is 5.26. The Morgan fingerprint density at radius 3 is 2.71 bits per heavy atom. The van der Waals surface area contributed by atoms with Crippen molar-refractivity contribution in [3.63, 3.8) is 0 Å². The summed E-state index contributed by atoms with van der Waals surface area (Å²) >= 11 is 0. The summed E-state index contributed by atoms with van der Waals surface area (Å²) in [6, 6.07) is 6.05. The lowest BCUT2D eigenvalue weighted by Gasteiger charge is -2.22. The number of fused-ring (bicyclic) bond motifs is 1. The average Bonchev–Trinajstić information content (AvgIpc) is 2.52. The van der Waals surface area contributed by atoms with Gasteiger partial charge >= 0.3 is 0 Å². The van der Waals surface area contributed by atoms with Crippen LogP contribution in [0.5, 0.6) is 11.5 Å². The molecule has 0 saturated heterocycles. The van der Waals surface area contributed by atoms with Gasteiger partial charge in [0, 0.05) is 28.3 Å². The van der Waals surface area contributed by atoms with Crippen LogP contribution in [0.4, 0.5) is 0 Å². The molecule has 1 N–H and O–H groups in total. The molecule has 1 aliphatic heterocycles. The zero-order valence-electron chi connectivity index (χ0n) is 12.9. The van der Waals surface area contributed by atoms with E-state index in [0.717, 1.165) is 42.1 Å². The predicted molar refractivity (Wildman–Crippen MR) is 86.6 cm³/mol. The summed E-state index contributed by atoms with van der Waals surface area (Å²) in [4.78, 5) is 0. The van der Waals surface area contributed by atoms with E-state index in [1.807, 2.05) is 25.2 Å². The van der Waals surface area contributed by atoms with E-state index in [-0.39, 0.29) is 6.04 Å². The van der Waals surface area contributed by atoms with E-state index in [0.29, 0.717) is 19.0 Å². The maximum absolute atomic E-state index is 12.2. The molecule has 2 rings (SSSR count). The first-order valence-electron chi connectivity index (χ1n) is 7.66. The van der Waals surface area contributed by atoms with Gasteiger partial charge in [-0.15, -0.1) is 0 Å². The highest BCUT2D eigenvalue weighted by Crippen LogP contribution is 2.32. The molecular weight excluding hydrogens is 286 g/mol. The third kappa shape index (κ3) is 4.71. The maximum atomic E-state index is 12.2. The van der Waals surface area contributed by atoms with Gasteiger partial charge in [-0.05, 0) is 31.2 Å². The summed E-state index contributed by atoms with van der Waals surface area (Å²) in [7, 11) is 1.12. The van der Waals surface area contributed by atoms with Gasteiger partial charge in [-0.3, -0.25) is 4.21 Å². The Balaban J connectivity index is 1.98. The smallest absolute Gasteiger partial charge is 0.161 e. The minimum absolute atomic E-state index is 0.0864. The fraction of sp³-hybridized carbons (Fsp3) is 0.625. The molecule has 0 amide bonds. The molecule has 0 saturated carbocycles. The molecule has 1 aromatic rings. The van der Waals surface area contributed by atoms with Crippen molar-refractivity contribution in [2.24, 2.45) is 0 Å². The van der Waals surface area contributed by atoms with Gasteiger partial charge in [-0.1, -0.05) is 25.8 Å². The van der Waals surface area contributed by atoms with Crippen LogP contribution in [0.15, 0.2) is 18.2 Å². The summed E-state index contributed by atoms with van der Waals surface area (Å²) < 4.78 is 23.3. The van der Waals surface area contributed by atoms with Gasteiger partial charge in [-0.2, -0.15) is 0 Å². The Morgan fingerprint density at radius 1 is 1.24 bits per heavy atom. The van der Waals surface area contributed by atoms with Crippen molar-refractivity contribution in [1.82, 2.24) is 5.32 Å². The fourth-order valence-electron chi connectivity index (χ4n) is 2.41. The van der Waals surface area contributed by atoms with Gasteiger partial charge < -0.3 is 14.8 Å². The number of benzene rings is 1. The summed E-state index contributed by atoms with van der Waals surface area (Å²) in [6.07, 6.45) is 3.36. The first-order valence-corrected chi connectivity index (χ1v) is 9.15. The number of unbranched alkanes of at least 4 members (excludes halogenated alkanes) is 2. The van der Waals surface area contributed by atoms with Crippen molar-refractivity contribution < 1.29 is 13.7 Å². The van der Waals surface area contributed by atoms with Crippen LogP contribution in [0.1, 0.15) is 37.8 Å². The van der Waals surface area contributed by atoms with Crippen LogP contribution in [0.25, 0.3) is 0 Å². The zero-order valence-corrected chi connectivity index (χ0v) is 13.7.